The molecule has 1 fully saturated rings. The Morgan fingerprint density at radius 1 is 1.31 bits per heavy atom. The molecule has 0 radical (unpaired) electrons. The molecule has 1 atom stereocenters. The zero-order valence-electron chi connectivity index (χ0n) is 7.29. The van der Waals surface area contributed by atoms with Crippen LogP contribution in [0.3, 0.4) is 0 Å². The third kappa shape index (κ3) is 1.49. The van der Waals surface area contributed by atoms with Crippen LogP contribution in [0.15, 0.2) is 24.3 Å². The molecule has 13 heavy (non-hydrogen) atoms. The number of benzene rings is 1. The maximum atomic E-state index is 11.3. The number of carbonyl (C=O) groups is 1. The lowest BCUT2D eigenvalue weighted by Crippen LogP contribution is -2.17. The van der Waals surface area contributed by atoms with Gasteiger partial charge in [0.2, 0.25) is 5.91 Å². The zero-order valence-corrected chi connectivity index (χ0v) is 7.29. The number of carbonyl (C=O) groups excluding carboxylic acids is 1. The van der Waals surface area contributed by atoms with E-state index in [4.69, 9.17) is 5.73 Å². The Bertz CT molecular complexity index is 318. The van der Waals surface area contributed by atoms with Crippen molar-refractivity contribution in [1.82, 2.24) is 5.32 Å². The molecule has 1 aliphatic heterocycles. The maximum Gasteiger partial charge on any atom is 0.227 e. The van der Waals surface area contributed by atoms with Crippen LogP contribution in [0, 0.1) is 0 Å². The molecule has 1 saturated heterocycles. The summed E-state index contributed by atoms with van der Waals surface area (Å²) in [7, 11) is 0. The number of anilines is 1. The van der Waals surface area contributed by atoms with Gasteiger partial charge in [0.25, 0.3) is 0 Å². The molecule has 3 nitrogen and oxygen atoms in total. The van der Waals surface area contributed by atoms with Crippen molar-refractivity contribution in [2.45, 2.75) is 12.3 Å². The highest BCUT2D eigenvalue weighted by Crippen LogP contribution is 2.23. The van der Waals surface area contributed by atoms with Crippen LogP contribution in [0.2, 0.25) is 0 Å². The number of amides is 1. The summed E-state index contributed by atoms with van der Waals surface area (Å²) in [6.07, 6.45) is 0.892. The van der Waals surface area contributed by atoms with Gasteiger partial charge in [-0.25, -0.2) is 0 Å². The number of rotatable bonds is 1. The minimum Gasteiger partial charge on any atom is -0.399 e. The first-order valence-electron chi connectivity index (χ1n) is 4.40. The van der Waals surface area contributed by atoms with E-state index in [0.717, 1.165) is 24.2 Å². The van der Waals surface area contributed by atoms with Gasteiger partial charge >= 0.3 is 0 Å². The Morgan fingerprint density at radius 2 is 2.00 bits per heavy atom. The van der Waals surface area contributed by atoms with Crippen LogP contribution in [0.1, 0.15) is 17.9 Å². The van der Waals surface area contributed by atoms with E-state index in [1.54, 1.807) is 0 Å². The fourth-order valence-electron chi connectivity index (χ4n) is 1.64. The second-order valence-electron chi connectivity index (χ2n) is 3.30. The molecule has 68 valence electrons. The Balaban J connectivity index is 2.25. The summed E-state index contributed by atoms with van der Waals surface area (Å²) in [5.74, 6) is 0.158. The Kier molecular flexibility index (Phi) is 1.93. The van der Waals surface area contributed by atoms with Crippen molar-refractivity contribution < 1.29 is 4.79 Å². The molecular formula is C10H12N2O. The molecule has 0 aromatic heterocycles. The molecule has 1 aromatic carbocycles. The normalized spacial score (nSPS) is 21.5. The van der Waals surface area contributed by atoms with Crippen molar-refractivity contribution in [3.8, 4) is 0 Å². The van der Waals surface area contributed by atoms with E-state index in [2.05, 4.69) is 5.32 Å². The number of hydrogen-bond acceptors (Lipinski definition) is 2. The number of nitrogens with two attached hydrogens (primary N) is 1. The highest BCUT2D eigenvalue weighted by molar-refractivity contribution is 5.85. The molecule has 3 heteroatoms. The predicted molar refractivity (Wildman–Crippen MR) is 51.2 cm³/mol. The fraction of sp³-hybridized carbons (Fsp3) is 0.300. The number of hydrogen-bond donors (Lipinski definition) is 2. The SMILES string of the molecule is Nc1ccc(C2CCNC2=O)cc1. The molecule has 2 rings (SSSR count). The third-order valence-electron chi connectivity index (χ3n) is 2.39. The molecule has 3 N–H and O–H groups in total. The smallest absolute Gasteiger partial charge is 0.227 e. The minimum absolute atomic E-state index is 0.0283. The topological polar surface area (TPSA) is 55.1 Å². The lowest BCUT2D eigenvalue weighted by atomic mass is 9.98. The van der Waals surface area contributed by atoms with Crippen LogP contribution in [0.5, 0.6) is 0 Å². The quantitative estimate of drug-likeness (QED) is 0.624. The van der Waals surface area contributed by atoms with Crippen LogP contribution in [0.25, 0.3) is 0 Å². The van der Waals surface area contributed by atoms with Gasteiger partial charge in [-0.1, -0.05) is 12.1 Å². The van der Waals surface area contributed by atoms with Crippen molar-refractivity contribution in [3.63, 3.8) is 0 Å². The molecule has 1 amide bonds. The van der Waals surface area contributed by atoms with Crippen LogP contribution in [-0.2, 0) is 4.79 Å². The number of nitrogen functional groups attached to an aromatic ring is 1. The first-order valence-corrected chi connectivity index (χ1v) is 4.40. The first kappa shape index (κ1) is 8.10. The summed E-state index contributed by atoms with van der Waals surface area (Å²) >= 11 is 0. The maximum absolute atomic E-state index is 11.3. The van der Waals surface area contributed by atoms with Crippen molar-refractivity contribution in [2.24, 2.45) is 0 Å². The van der Waals surface area contributed by atoms with Crippen LogP contribution >= 0.6 is 0 Å². The van der Waals surface area contributed by atoms with Gasteiger partial charge in [0.15, 0.2) is 0 Å². The largest absolute Gasteiger partial charge is 0.399 e. The van der Waals surface area contributed by atoms with Crippen LogP contribution < -0.4 is 11.1 Å². The lowest BCUT2D eigenvalue weighted by Gasteiger charge is -2.06. The van der Waals surface area contributed by atoms with E-state index in [-0.39, 0.29) is 11.8 Å². The van der Waals surface area contributed by atoms with Gasteiger partial charge in [0.1, 0.15) is 0 Å². The average Bonchev–Trinajstić information content (AvgIpc) is 2.53. The van der Waals surface area contributed by atoms with E-state index in [9.17, 15) is 4.79 Å². The van der Waals surface area contributed by atoms with Gasteiger partial charge in [-0.05, 0) is 24.1 Å². The first-order chi connectivity index (χ1) is 6.27. The summed E-state index contributed by atoms with van der Waals surface area (Å²) in [5, 5.41) is 2.81. The average molecular weight is 176 g/mol. The van der Waals surface area contributed by atoms with E-state index in [1.165, 1.54) is 0 Å². The van der Waals surface area contributed by atoms with Gasteiger partial charge in [0, 0.05) is 12.2 Å². The predicted octanol–water partition coefficient (Wildman–Crippen LogP) is 0.872. The molecule has 0 bridgehead atoms. The third-order valence-corrected chi connectivity index (χ3v) is 2.39. The van der Waals surface area contributed by atoms with Gasteiger partial charge in [-0.15, -0.1) is 0 Å². The minimum atomic E-state index is 0.0283. The summed E-state index contributed by atoms with van der Waals surface area (Å²) < 4.78 is 0. The van der Waals surface area contributed by atoms with Crippen molar-refractivity contribution >= 4 is 11.6 Å². The standard InChI is InChI=1S/C10H12N2O/c11-8-3-1-7(2-4-8)9-5-6-12-10(9)13/h1-4,9H,5-6,11H2,(H,12,13). The van der Waals surface area contributed by atoms with Gasteiger partial charge in [-0.2, -0.15) is 0 Å². The van der Waals surface area contributed by atoms with Gasteiger partial charge in [0.05, 0.1) is 5.92 Å². The highest BCUT2D eigenvalue weighted by Gasteiger charge is 2.25. The second kappa shape index (κ2) is 3.09. The summed E-state index contributed by atoms with van der Waals surface area (Å²) in [5.41, 5.74) is 7.36. The molecule has 0 saturated carbocycles. The summed E-state index contributed by atoms with van der Waals surface area (Å²) in [4.78, 5) is 11.3. The molecule has 1 aliphatic rings. The summed E-state index contributed by atoms with van der Waals surface area (Å²) in [6, 6.07) is 7.51. The number of nitrogens with one attached hydrogen (secondary N) is 1. The van der Waals surface area contributed by atoms with Crippen LogP contribution in [-0.4, -0.2) is 12.5 Å². The second-order valence-corrected chi connectivity index (χ2v) is 3.30. The summed E-state index contributed by atoms with van der Waals surface area (Å²) in [6.45, 7) is 0.786. The molecular weight excluding hydrogens is 164 g/mol. The van der Waals surface area contributed by atoms with Crippen LogP contribution in [0.4, 0.5) is 5.69 Å². The van der Waals surface area contributed by atoms with Gasteiger partial charge in [-0.3, -0.25) is 4.79 Å². The van der Waals surface area contributed by atoms with Gasteiger partial charge < -0.3 is 11.1 Å². The van der Waals surface area contributed by atoms with Crippen molar-refractivity contribution in [2.75, 3.05) is 12.3 Å². The molecule has 1 heterocycles. The molecule has 0 aliphatic carbocycles. The molecule has 0 spiro atoms. The Hall–Kier alpha value is -1.51. The van der Waals surface area contributed by atoms with E-state index in [1.807, 2.05) is 24.3 Å². The molecule has 1 aromatic rings. The highest BCUT2D eigenvalue weighted by atomic mass is 16.2. The fourth-order valence-corrected chi connectivity index (χ4v) is 1.64. The van der Waals surface area contributed by atoms with Crippen molar-refractivity contribution in [1.29, 1.82) is 0 Å². The molecule has 1 unspecified atom stereocenters. The van der Waals surface area contributed by atoms with E-state index >= 15 is 0 Å². The lowest BCUT2D eigenvalue weighted by molar-refractivity contribution is -0.120. The Morgan fingerprint density at radius 3 is 2.54 bits per heavy atom. The van der Waals surface area contributed by atoms with E-state index < -0.39 is 0 Å². The van der Waals surface area contributed by atoms with Crippen molar-refractivity contribution in [3.05, 3.63) is 29.8 Å². The van der Waals surface area contributed by atoms with E-state index in [0.29, 0.717) is 0 Å². The monoisotopic (exact) mass is 176 g/mol. The zero-order chi connectivity index (χ0) is 9.26. The Labute approximate surface area is 76.9 Å².